The van der Waals surface area contributed by atoms with E-state index in [0.717, 1.165) is 16.8 Å². The van der Waals surface area contributed by atoms with Crippen molar-refractivity contribution >= 4 is 22.7 Å². The lowest BCUT2D eigenvalue weighted by Crippen LogP contribution is -2.23. The van der Waals surface area contributed by atoms with Gasteiger partial charge in [-0.25, -0.2) is 4.98 Å². The average molecular weight is 356 g/mol. The molecular formula is C19H20N2O3S. The minimum absolute atomic E-state index is 0.140. The van der Waals surface area contributed by atoms with Gasteiger partial charge in [-0.1, -0.05) is 41.6 Å². The SMILES string of the molecule is Cc1ccc(-n2c(SCC(O)CO)nc3ccccc3c2=O)c(C)c1. The maximum Gasteiger partial charge on any atom is 0.266 e. The van der Waals surface area contributed by atoms with Crippen LogP contribution in [0.2, 0.25) is 0 Å². The summed E-state index contributed by atoms with van der Waals surface area (Å²) in [6.45, 7) is 3.64. The number of hydrogen-bond donors (Lipinski definition) is 2. The second-order valence-electron chi connectivity index (χ2n) is 5.99. The van der Waals surface area contributed by atoms with Crippen LogP contribution in [0.1, 0.15) is 11.1 Å². The van der Waals surface area contributed by atoms with Crippen LogP contribution in [-0.2, 0) is 0 Å². The van der Waals surface area contributed by atoms with E-state index in [9.17, 15) is 9.90 Å². The van der Waals surface area contributed by atoms with Gasteiger partial charge in [0.05, 0.1) is 29.3 Å². The molecule has 130 valence electrons. The molecule has 3 aromatic rings. The molecule has 0 amide bonds. The van der Waals surface area contributed by atoms with Crippen molar-refractivity contribution in [2.75, 3.05) is 12.4 Å². The number of benzene rings is 2. The first-order chi connectivity index (χ1) is 12.0. The molecule has 0 spiro atoms. The van der Waals surface area contributed by atoms with Crippen molar-refractivity contribution in [1.82, 2.24) is 9.55 Å². The zero-order chi connectivity index (χ0) is 18.0. The number of rotatable bonds is 5. The fraction of sp³-hybridized carbons (Fsp3) is 0.263. The molecule has 25 heavy (non-hydrogen) atoms. The molecule has 0 bridgehead atoms. The number of thioether (sulfide) groups is 1. The predicted octanol–water partition coefficient (Wildman–Crippen LogP) is 2.45. The molecule has 0 saturated heterocycles. The van der Waals surface area contributed by atoms with Crippen LogP contribution in [0.4, 0.5) is 0 Å². The Hall–Kier alpha value is -2.15. The second-order valence-corrected chi connectivity index (χ2v) is 6.98. The number of aliphatic hydroxyl groups excluding tert-OH is 2. The van der Waals surface area contributed by atoms with Crippen LogP contribution in [0.5, 0.6) is 0 Å². The first kappa shape index (κ1) is 17.7. The van der Waals surface area contributed by atoms with E-state index in [1.54, 1.807) is 16.7 Å². The van der Waals surface area contributed by atoms with Crippen LogP contribution in [0.15, 0.2) is 52.4 Å². The highest BCUT2D eigenvalue weighted by Gasteiger charge is 2.16. The maximum absolute atomic E-state index is 13.1. The molecule has 0 radical (unpaired) electrons. The minimum Gasteiger partial charge on any atom is -0.394 e. The average Bonchev–Trinajstić information content (AvgIpc) is 2.61. The molecule has 0 fully saturated rings. The molecule has 1 aromatic heterocycles. The fourth-order valence-electron chi connectivity index (χ4n) is 2.70. The van der Waals surface area contributed by atoms with Crippen molar-refractivity contribution < 1.29 is 10.2 Å². The maximum atomic E-state index is 13.1. The molecule has 2 aromatic carbocycles. The van der Waals surface area contributed by atoms with Crippen molar-refractivity contribution in [2.24, 2.45) is 0 Å². The van der Waals surface area contributed by atoms with Gasteiger partial charge in [-0.2, -0.15) is 0 Å². The summed E-state index contributed by atoms with van der Waals surface area (Å²) in [4.78, 5) is 17.7. The van der Waals surface area contributed by atoms with Crippen LogP contribution in [0.25, 0.3) is 16.6 Å². The first-order valence-corrected chi connectivity index (χ1v) is 9.01. The molecule has 0 saturated carbocycles. The Kier molecular flexibility index (Phi) is 5.22. The topological polar surface area (TPSA) is 75.3 Å². The predicted molar refractivity (Wildman–Crippen MR) is 101 cm³/mol. The van der Waals surface area contributed by atoms with E-state index in [1.807, 2.05) is 44.2 Å². The molecule has 1 atom stereocenters. The normalized spacial score (nSPS) is 12.5. The van der Waals surface area contributed by atoms with Gasteiger partial charge in [-0.15, -0.1) is 0 Å². The van der Waals surface area contributed by atoms with Crippen molar-refractivity contribution in [3.05, 3.63) is 63.9 Å². The van der Waals surface area contributed by atoms with Crippen molar-refractivity contribution in [1.29, 1.82) is 0 Å². The Morgan fingerprint density at radius 3 is 2.68 bits per heavy atom. The Labute approximate surface area is 150 Å². The minimum atomic E-state index is -0.860. The van der Waals surface area contributed by atoms with E-state index in [4.69, 9.17) is 5.11 Å². The fourth-order valence-corrected chi connectivity index (χ4v) is 3.62. The van der Waals surface area contributed by atoms with E-state index < -0.39 is 6.10 Å². The summed E-state index contributed by atoms with van der Waals surface area (Å²) in [6, 6.07) is 13.1. The molecule has 6 heteroatoms. The van der Waals surface area contributed by atoms with Gasteiger partial charge in [0.1, 0.15) is 0 Å². The summed E-state index contributed by atoms with van der Waals surface area (Å²) in [5.41, 5.74) is 3.35. The lowest BCUT2D eigenvalue weighted by molar-refractivity contribution is 0.113. The highest BCUT2D eigenvalue weighted by Crippen LogP contribution is 2.24. The van der Waals surface area contributed by atoms with Gasteiger partial charge in [0.2, 0.25) is 0 Å². The Bertz CT molecular complexity index is 969. The lowest BCUT2D eigenvalue weighted by Gasteiger charge is -2.16. The van der Waals surface area contributed by atoms with E-state index in [0.29, 0.717) is 16.1 Å². The summed E-state index contributed by atoms with van der Waals surface area (Å²) < 4.78 is 1.59. The molecule has 5 nitrogen and oxygen atoms in total. The van der Waals surface area contributed by atoms with Crippen molar-refractivity contribution in [2.45, 2.75) is 25.1 Å². The summed E-state index contributed by atoms with van der Waals surface area (Å²) in [5.74, 6) is 0.256. The largest absolute Gasteiger partial charge is 0.394 e. The summed E-state index contributed by atoms with van der Waals surface area (Å²) >= 11 is 1.26. The zero-order valence-corrected chi connectivity index (χ0v) is 15.0. The van der Waals surface area contributed by atoms with Crippen LogP contribution in [-0.4, -0.2) is 38.2 Å². The van der Waals surface area contributed by atoms with Crippen LogP contribution in [0.3, 0.4) is 0 Å². The standard InChI is InChI=1S/C19H20N2O3S/c1-12-7-8-17(13(2)9-12)21-18(24)15-5-3-4-6-16(15)20-19(21)25-11-14(23)10-22/h3-9,14,22-23H,10-11H2,1-2H3. The lowest BCUT2D eigenvalue weighted by atomic mass is 10.1. The molecule has 1 unspecified atom stereocenters. The van der Waals surface area contributed by atoms with E-state index in [1.165, 1.54) is 11.8 Å². The summed E-state index contributed by atoms with van der Waals surface area (Å²) in [7, 11) is 0. The first-order valence-electron chi connectivity index (χ1n) is 8.02. The number of aliphatic hydroxyl groups is 2. The Balaban J connectivity index is 2.23. The number of aromatic nitrogens is 2. The molecule has 0 aliphatic rings. The van der Waals surface area contributed by atoms with Crippen LogP contribution in [0, 0.1) is 13.8 Å². The molecule has 0 aliphatic carbocycles. The number of aryl methyl sites for hydroxylation is 2. The highest BCUT2D eigenvalue weighted by atomic mass is 32.2. The van der Waals surface area contributed by atoms with E-state index in [2.05, 4.69) is 4.98 Å². The number of para-hydroxylation sites is 1. The van der Waals surface area contributed by atoms with Gasteiger partial charge < -0.3 is 10.2 Å². The molecule has 0 aliphatic heterocycles. The number of hydrogen-bond acceptors (Lipinski definition) is 5. The highest BCUT2D eigenvalue weighted by molar-refractivity contribution is 7.99. The third-order valence-corrected chi connectivity index (χ3v) is 5.04. The quantitative estimate of drug-likeness (QED) is 0.542. The van der Waals surface area contributed by atoms with Gasteiger partial charge in [0.25, 0.3) is 5.56 Å². The van der Waals surface area contributed by atoms with Crippen LogP contribution >= 0.6 is 11.8 Å². The summed E-state index contributed by atoms with van der Waals surface area (Å²) in [6.07, 6.45) is -0.860. The third-order valence-electron chi connectivity index (χ3n) is 3.95. The zero-order valence-electron chi connectivity index (χ0n) is 14.1. The van der Waals surface area contributed by atoms with Crippen LogP contribution < -0.4 is 5.56 Å². The van der Waals surface area contributed by atoms with Gasteiger partial charge in [0, 0.05) is 5.75 Å². The third kappa shape index (κ3) is 3.61. The number of nitrogens with zero attached hydrogens (tertiary/aromatic N) is 2. The van der Waals surface area contributed by atoms with Gasteiger partial charge in [-0.05, 0) is 37.6 Å². The molecular weight excluding hydrogens is 336 g/mol. The molecule has 1 heterocycles. The molecule has 3 rings (SSSR count). The smallest absolute Gasteiger partial charge is 0.266 e. The number of fused-ring (bicyclic) bond motifs is 1. The van der Waals surface area contributed by atoms with Gasteiger partial charge in [-0.3, -0.25) is 9.36 Å². The van der Waals surface area contributed by atoms with E-state index in [-0.39, 0.29) is 17.9 Å². The van der Waals surface area contributed by atoms with E-state index >= 15 is 0 Å². The van der Waals surface area contributed by atoms with Gasteiger partial charge >= 0.3 is 0 Å². The Morgan fingerprint density at radius 1 is 1.20 bits per heavy atom. The molecule has 2 N–H and O–H groups in total. The van der Waals surface area contributed by atoms with Crippen molar-refractivity contribution in [3.8, 4) is 5.69 Å². The Morgan fingerprint density at radius 2 is 1.96 bits per heavy atom. The monoisotopic (exact) mass is 356 g/mol. The van der Waals surface area contributed by atoms with Gasteiger partial charge in [0.15, 0.2) is 5.16 Å². The summed E-state index contributed by atoms with van der Waals surface area (Å²) in [5, 5.41) is 19.8. The van der Waals surface area contributed by atoms with Crippen molar-refractivity contribution in [3.63, 3.8) is 0 Å². The second kappa shape index (κ2) is 7.39.